The zero-order valence-corrected chi connectivity index (χ0v) is 19.9. The van der Waals surface area contributed by atoms with Gasteiger partial charge in [-0.15, -0.1) is 11.3 Å². The zero-order chi connectivity index (χ0) is 23.8. The molecule has 0 radical (unpaired) electrons. The summed E-state index contributed by atoms with van der Waals surface area (Å²) in [4.78, 5) is 23.3. The van der Waals surface area contributed by atoms with Gasteiger partial charge in [-0.05, 0) is 19.9 Å². The smallest absolute Gasteiger partial charge is 0.374 e. The van der Waals surface area contributed by atoms with Gasteiger partial charge >= 0.3 is 6.18 Å². The number of amides is 1. The second kappa shape index (κ2) is 9.73. The highest BCUT2D eigenvalue weighted by Gasteiger charge is 2.36. The third-order valence-electron chi connectivity index (χ3n) is 6.34. The molecule has 2 saturated heterocycles. The van der Waals surface area contributed by atoms with Crippen LogP contribution in [0.5, 0.6) is 0 Å². The summed E-state index contributed by atoms with van der Waals surface area (Å²) < 4.78 is 47.3. The molecule has 1 atom stereocenters. The Morgan fingerprint density at radius 2 is 2.00 bits per heavy atom. The summed E-state index contributed by atoms with van der Waals surface area (Å²) in [6.45, 7) is 10.3. The van der Waals surface area contributed by atoms with E-state index in [-0.39, 0.29) is 27.7 Å². The SMILES string of the molecule is CNC(=O)c1csc2c(C(F)(F)F)cc(N3CCN(C[C@H]4CN(C(C)C)CCO4)CC3)nc12. The van der Waals surface area contributed by atoms with Crippen LogP contribution in [-0.4, -0.2) is 92.3 Å². The van der Waals surface area contributed by atoms with Crippen LogP contribution in [0, 0.1) is 0 Å². The van der Waals surface area contributed by atoms with E-state index in [2.05, 4.69) is 33.9 Å². The molecule has 0 saturated carbocycles. The summed E-state index contributed by atoms with van der Waals surface area (Å²) in [6.07, 6.45) is -4.39. The lowest BCUT2D eigenvalue weighted by Gasteiger charge is -2.40. The lowest BCUT2D eigenvalue weighted by atomic mass is 10.1. The van der Waals surface area contributed by atoms with Gasteiger partial charge in [-0.2, -0.15) is 13.2 Å². The maximum atomic E-state index is 13.8. The number of hydrogen-bond donors (Lipinski definition) is 1. The van der Waals surface area contributed by atoms with Crippen molar-refractivity contribution in [2.75, 3.05) is 64.4 Å². The van der Waals surface area contributed by atoms with Crippen molar-refractivity contribution in [2.24, 2.45) is 0 Å². The third kappa shape index (κ3) is 5.26. The minimum Gasteiger partial charge on any atom is -0.374 e. The summed E-state index contributed by atoms with van der Waals surface area (Å²) in [5, 5.41) is 3.92. The number of pyridine rings is 1. The van der Waals surface area contributed by atoms with Crippen LogP contribution in [0.3, 0.4) is 0 Å². The van der Waals surface area contributed by atoms with Crippen molar-refractivity contribution < 1.29 is 22.7 Å². The normalized spacial score (nSPS) is 21.2. The number of hydrogen-bond acceptors (Lipinski definition) is 7. The lowest BCUT2D eigenvalue weighted by Crippen LogP contribution is -2.53. The van der Waals surface area contributed by atoms with Gasteiger partial charge in [0.2, 0.25) is 0 Å². The summed E-state index contributed by atoms with van der Waals surface area (Å²) in [7, 11) is 1.45. The fourth-order valence-corrected chi connectivity index (χ4v) is 5.46. The van der Waals surface area contributed by atoms with E-state index in [9.17, 15) is 18.0 Å². The Bertz CT molecular complexity index is 988. The minimum atomic E-state index is -4.52. The topological polar surface area (TPSA) is 60.9 Å². The van der Waals surface area contributed by atoms with E-state index in [1.807, 2.05) is 4.90 Å². The molecule has 0 unspecified atom stereocenters. The van der Waals surface area contributed by atoms with Gasteiger partial charge in [-0.25, -0.2) is 4.98 Å². The highest BCUT2D eigenvalue weighted by atomic mass is 32.1. The number of carbonyl (C=O) groups is 1. The highest BCUT2D eigenvalue weighted by Crippen LogP contribution is 2.40. The average Bonchev–Trinajstić information content (AvgIpc) is 3.22. The Morgan fingerprint density at radius 1 is 1.27 bits per heavy atom. The third-order valence-corrected chi connectivity index (χ3v) is 7.35. The second-order valence-electron chi connectivity index (χ2n) is 8.80. The second-order valence-corrected chi connectivity index (χ2v) is 9.68. The summed E-state index contributed by atoms with van der Waals surface area (Å²) in [6, 6.07) is 1.60. The molecule has 4 rings (SSSR count). The number of nitrogens with zero attached hydrogens (tertiary/aromatic N) is 4. The molecule has 33 heavy (non-hydrogen) atoms. The number of piperazine rings is 1. The Labute approximate surface area is 195 Å². The number of anilines is 1. The van der Waals surface area contributed by atoms with E-state index in [0.717, 1.165) is 43.6 Å². The molecular formula is C22H30F3N5O2S. The zero-order valence-electron chi connectivity index (χ0n) is 19.1. The first-order valence-corrected chi connectivity index (χ1v) is 12.1. The van der Waals surface area contributed by atoms with Crippen LogP contribution in [-0.2, 0) is 10.9 Å². The predicted octanol–water partition coefficient (Wildman–Crippen LogP) is 2.91. The highest BCUT2D eigenvalue weighted by molar-refractivity contribution is 7.17. The predicted molar refractivity (Wildman–Crippen MR) is 123 cm³/mol. The van der Waals surface area contributed by atoms with Gasteiger partial charge in [-0.3, -0.25) is 14.6 Å². The van der Waals surface area contributed by atoms with Crippen molar-refractivity contribution in [2.45, 2.75) is 32.2 Å². The van der Waals surface area contributed by atoms with Crippen molar-refractivity contribution in [3.05, 3.63) is 22.6 Å². The molecule has 0 aromatic carbocycles. The molecule has 2 aliphatic rings. The lowest BCUT2D eigenvalue weighted by molar-refractivity contribution is -0.136. The van der Waals surface area contributed by atoms with Gasteiger partial charge in [0.1, 0.15) is 5.82 Å². The van der Waals surface area contributed by atoms with Gasteiger partial charge in [0, 0.05) is 64.3 Å². The van der Waals surface area contributed by atoms with Crippen molar-refractivity contribution in [1.29, 1.82) is 0 Å². The molecule has 1 N–H and O–H groups in total. The van der Waals surface area contributed by atoms with Gasteiger partial charge < -0.3 is 15.0 Å². The first-order chi connectivity index (χ1) is 15.7. The number of fused-ring (bicyclic) bond motifs is 1. The number of alkyl halides is 3. The molecule has 11 heteroatoms. The van der Waals surface area contributed by atoms with E-state index in [1.165, 1.54) is 12.4 Å². The average molecular weight is 486 g/mol. The number of morpholine rings is 1. The molecule has 0 spiro atoms. The Morgan fingerprint density at radius 3 is 2.64 bits per heavy atom. The van der Waals surface area contributed by atoms with E-state index in [1.54, 1.807) is 0 Å². The molecule has 7 nitrogen and oxygen atoms in total. The van der Waals surface area contributed by atoms with Crippen LogP contribution < -0.4 is 10.2 Å². The van der Waals surface area contributed by atoms with Gasteiger partial charge in [-0.1, -0.05) is 0 Å². The number of carbonyl (C=O) groups excluding carboxylic acids is 1. The molecule has 4 heterocycles. The van der Waals surface area contributed by atoms with Crippen molar-refractivity contribution in [1.82, 2.24) is 20.1 Å². The molecule has 2 aromatic rings. The first-order valence-electron chi connectivity index (χ1n) is 11.2. The Balaban J connectivity index is 1.49. The standard InChI is InChI=1S/C22H30F3N5O2S/c1-14(2)30-8-9-32-15(12-30)11-28-4-6-29(7-5-28)18-10-17(22(23,24)25)20-19(27-18)16(13-33-20)21(31)26-3/h10,13-15H,4-9,11-12H2,1-3H3,(H,26,31)/t15-/m0/s1. The number of nitrogens with one attached hydrogen (secondary N) is 1. The number of thiophene rings is 1. The molecule has 1 amide bonds. The molecule has 2 fully saturated rings. The molecule has 2 aliphatic heterocycles. The maximum Gasteiger partial charge on any atom is 0.417 e. The van der Waals surface area contributed by atoms with Gasteiger partial charge in [0.05, 0.1) is 34.1 Å². The number of halogens is 3. The monoisotopic (exact) mass is 485 g/mol. The van der Waals surface area contributed by atoms with Crippen LogP contribution in [0.1, 0.15) is 29.8 Å². The van der Waals surface area contributed by atoms with Gasteiger partial charge in [0.15, 0.2) is 0 Å². The van der Waals surface area contributed by atoms with Crippen LogP contribution in [0.25, 0.3) is 10.2 Å². The van der Waals surface area contributed by atoms with Crippen LogP contribution >= 0.6 is 11.3 Å². The number of ether oxygens (including phenoxy) is 1. The summed E-state index contributed by atoms with van der Waals surface area (Å²) >= 11 is 0.900. The van der Waals surface area contributed by atoms with Crippen molar-refractivity contribution >= 4 is 33.3 Å². The van der Waals surface area contributed by atoms with Gasteiger partial charge in [0.25, 0.3) is 5.91 Å². The minimum absolute atomic E-state index is 0.00681. The van der Waals surface area contributed by atoms with E-state index in [4.69, 9.17) is 4.74 Å². The van der Waals surface area contributed by atoms with Crippen LogP contribution in [0.2, 0.25) is 0 Å². The van der Waals surface area contributed by atoms with E-state index in [0.29, 0.717) is 32.2 Å². The Kier molecular flexibility index (Phi) is 7.13. The molecule has 182 valence electrons. The molecule has 0 aliphatic carbocycles. The quantitative estimate of drug-likeness (QED) is 0.703. The number of aromatic nitrogens is 1. The summed E-state index contributed by atoms with van der Waals surface area (Å²) in [5.74, 6) is -0.176. The summed E-state index contributed by atoms with van der Waals surface area (Å²) in [5.41, 5.74) is -0.460. The van der Waals surface area contributed by atoms with E-state index >= 15 is 0 Å². The van der Waals surface area contributed by atoms with Crippen LogP contribution in [0.15, 0.2) is 11.4 Å². The van der Waals surface area contributed by atoms with E-state index < -0.39 is 17.6 Å². The largest absolute Gasteiger partial charge is 0.417 e. The maximum absolute atomic E-state index is 13.8. The Hall–Kier alpha value is -1.95. The molecule has 0 bridgehead atoms. The molecule has 2 aromatic heterocycles. The number of rotatable bonds is 5. The van der Waals surface area contributed by atoms with Crippen LogP contribution in [0.4, 0.5) is 19.0 Å². The molecular weight excluding hydrogens is 455 g/mol. The van der Waals surface area contributed by atoms with Crippen molar-refractivity contribution in [3.63, 3.8) is 0 Å². The fourth-order valence-electron chi connectivity index (χ4n) is 4.43. The first kappa shape index (κ1) is 24.2. The van der Waals surface area contributed by atoms with Crippen molar-refractivity contribution in [3.8, 4) is 0 Å². The fraction of sp³-hybridized carbons (Fsp3) is 0.636.